The molecule has 0 spiro atoms. The van der Waals surface area contributed by atoms with Crippen LogP contribution in [-0.4, -0.2) is 27.7 Å². The lowest BCUT2D eigenvalue weighted by molar-refractivity contribution is 0.102. The van der Waals surface area contributed by atoms with Crippen LogP contribution in [0.5, 0.6) is 5.88 Å². The predicted octanol–water partition coefficient (Wildman–Crippen LogP) is 2.24. The molecule has 0 unspecified atom stereocenters. The first-order chi connectivity index (χ1) is 8.69. The molecule has 0 saturated heterocycles. The van der Waals surface area contributed by atoms with Crippen LogP contribution >= 0.6 is 22.9 Å². The molecule has 0 aliphatic carbocycles. The second kappa shape index (κ2) is 5.74. The third-order valence-electron chi connectivity index (χ3n) is 1.88. The van der Waals surface area contributed by atoms with Gasteiger partial charge in [0.25, 0.3) is 5.91 Å². The summed E-state index contributed by atoms with van der Waals surface area (Å²) in [6.45, 7) is 2.42. The highest BCUT2D eigenvalue weighted by atomic mass is 35.5. The number of nitrogens with zero attached hydrogens (tertiary/aromatic N) is 3. The van der Waals surface area contributed by atoms with E-state index in [2.05, 4.69) is 20.5 Å². The number of nitrogens with one attached hydrogen (secondary N) is 1. The molecule has 18 heavy (non-hydrogen) atoms. The minimum atomic E-state index is -0.370. The molecule has 94 valence electrons. The molecule has 0 aromatic carbocycles. The highest BCUT2D eigenvalue weighted by molar-refractivity contribution is 7.17. The Morgan fingerprint density at radius 2 is 2.33 bits per heavy atom. The van der Waals surface area contributed by atoms with E-state index < -0.39 is 0 Å². The maximum atomic E-state index is 11.7. The Labute approximate surface area is 112 Å². The average molecular weight is 285 g/mol. The van der Waals surface area contributed by atoms with Gasteiger partial charge in [-0.3, -0.25) is 4.79 Å². The Balaban J connectivity index is 2.03. The lowest BCUT2D eigenvalue weighted by atomic mass is 10.4. The fraction of sp³-hybridized carbons (Fsp3) is 0.200. The topological polar surface area (TPSA) is 77.0 Å². The minimum absolute atomic E-state index is 0.203. The van der Waals surface area contributed by atoms with E-state index in [9.17, 15) is 4.79 Å². The number of hydrogen-bond donors (Lipinski definition) is 1. The van der Waals surface area contributed by atoms with Crippen LogP contribution in [-0.2, 0) is 0 Å². The van der Waals surface area contributed by atoms with Crippen molar-refractivity contribution in [3.63, 3.8) is 0 Å². The molecule has 2 rings (SSSR count). The smallest absolute Gasteiger partial charge is 0.286 e. The Bertz CT molecular complexity index is 543. The van der Waals surface area contributed by atoms with Crippen molar-refractivity contribution in [3.8, 4) is 5.88 Å². The Hall–Kier alpha value is -1.73. The quantitative estimate of drug-likeness (QED) is 0.931. The van der Waals surface area contributed by atoms with Gasteiger partial charge in [0.15, 0.2) is 0 Å². The number of carbonyl (C=O) groups is 1. The number of anilines is 1. The van der Waals surface area contributed by atoms with Gasteiger partial charge in [0.2, 0.25) is 15.4 Å². The summed E-state index contributed by atoms with van der Waals surface area (Å²) in [6.07, 6.45) is 1.51. The first kappa shape index (κ1) is 12.7. The molecule has 6 nitrogen and oxygen atoms in total. The molecule has 0 atom stereocenters. The van der Waals surface area contributed by atoms with E-state index in [-0.39, 0.29) is 15.4 Å². The summed E-state index contributed by atoms with van der Waals surface area (Å²) in [4.78, 5) is 15.7. The maximum Gasteiger partial charge on any atom is 0.286 e. The predicted molar refractivity (Wildman–Crippen MR) is 68.3 cm³/mol. The Morgan fingerprint density at radius 3 is 2.89 bits per heavy atom. The third-order valence-corrected chi connectivity index (χ3v) is 2.90. The lowest BCUT2D eigenvalue weighted by Gasteiger charge is -2.04. The number of amides is 1. The number of ether oxygens (including phenoxy) is 1. The van der Waals surface area contributed by atoms with Gasteiger partial charge in [-0.2, -0.15) is 0 Å². The fourth-order valence-electron chi connectivity index (χ4n) is 1.17. The van der Waals surface area contributed by atoms with Gasteiger partial charge in [-0.25, -0.2) is 4.98 Å². The van der Waals surface area contributed by atoms with Gasteiger partial charge in [0.05, 0.1) is 18.5 Å². The van der Waals surface area contributed by atoms with Crippen molar-refractivity contribution in [2.45, 2.75) is 6.92 Å². The summed E-state index contributed by atoms with van der Waals surface area (Å²) in [6, 6.07) is 3.37. The van der Waals surface area contributed by atoms with Crippen molar-refractivity contribution in [2.75, 3.05) is 11.9 Å². The number of rotatable bonds is 4. The summed E-state index contributed by atoms with van der Waals surface area (Å²) in [5.74, 6) is 0.139. The molecule has 0 aliphatic heterocycles. The van der Waals surface area contributed by atoms with Crippen molar-refractivity contribution in [1.82, 2.24) is 15.2 Å². The molecule has 2 aromatic heterocycles. The molecule has 0 bridgehead atoms. The molecule has 2 aromatic rings. The van der Waals surface area contributed by atoms with E-state index in [0.717, 1.165) is 11.3 Å². The van der Waals surface area contributed by atoms with Gasteiger partial charge in [-0.05, 0) is 24.6 Å². The van der Waals surface area contributed by atoms with Gasteiger partial charge in [0.1, 0.15) is 0 Å². The van der Waals surface area contributed by atoms with Crippen LogP contribution in [0.25, 0.3) is 0 Å². The SMILES string of the molecule is CCOc1ccc(NC(=O)c2nnc(Cl)s2)cn1. The molecule has 2 heterocycles. The summed E-state index contributed by atoms with van der Waals surface area (Å²) in [5.41, 5.74) is 0.551. The van der Waals surface area contributed by atoms with Gasteiger partial charge < -0.3 is 10.1 Å². The highest BCUT2D eigenvalue weighted by Gasteiger charge is 2.12. The van der Waals surface area contributed by atoms with E-state index in [1.807, 2.05) is 6.92 Å². The van der Waals surface area contributed by atoms with Gasteiger partial charge in [0, 0.05) is 6.07 Å². The number of pyridine rings is 1. The standard InChI is InChI=1S/C10H9ClN4O2S/c1-2-17-7-4-3-6(5-12-7)13-8(16)9-14-15-10(11)18-9/h3-5H,2H2,1H3,(H,13,16). The van der Waals surface area contributed by atoms with Crippen LogP contribution in [0, 0.1) is 0 Å². The molecule has 1 N–H and O–H groups in total. The van der Waals surface area contributed by atoms with E-state index in [1.54, 1.807) is 12.1 Å². The summed E-state index contributed by atoms with van der Waals surface area (Å²) in [5, 5.41) is 10.0. The molecular weight excluding hydrogens is 276 g/mol. The fourth-order valence-corrected chi connectivity index (χ4v) is 1.89. The molecule has 0 aliphatic rings. The van der Waals surface area contributed by atoms with Crippen LogP contribution < -0.4 is 10.1 Å². The van der Waals surface area contributed by atoms with Crippen LogP contribution in [0.2, 0.25) is 4.47 Å². The molecular formula is C10H9ClN4O2S. The highest BCUT2D eigenvalue weighted by Crippen LogP contribution is 2.17. The summed E-state index contributed by atoms with van der Waals surface area (Å²) >= 11 is 6.61. The third kappa shape index (κ3) is 3.14. The largest absolute Gasteiger partial charge is 0.478 e. The van der Waals surface area contributed by atoms with Crippen molar-refractivity contribution in [3.05, 3.63) is 27.8 Å². The monoisotopic (exact) mass is 284 g/mol. The van der Waals surface area contributed by atoms with Gasteiger partial charge >= 0.3 is 0 Å². The normalized spacial score (nSPS) is 10.1. The molecule has 0 saturated carbocycles. The zero-order chi connectivity index (χ0) is 13.0. The second-order valence-electron chi connectivity index (χ2n) is 3.13. The number of aromatic nitrogens is 3. The minimum Gasteiger partial charge on any atom is -0.478 e. The molecule has 0 radical (unpaired) electrons. The van der Waals surface area contributed by atoms with E-state index in [0.29, 0.717) is 18.2 Å². The van der Waals surface area contributed by atoms with Crippen molar-refractivity contribution in [1.29, 1.82) is 0 Å². The number of halogens is 1. The average Bonchev–Trinajstić information content (AvgIpc) is 2.79. The van der Waals surface area contributed by atoms with E-state index >= 15 is 0 Å². The molecule has 8 heteroatoms. The Morgan fingerprint density at radius 1 is 1.50 bits per heavy atom. The zero-order valence-electron chi connectivity index (χ0n) is 9.38. The first-order valence-corrected chi connectivity index (χ1v) is 6.27. The van der Waals surface area contributed by atoms with Crippen LogP contribution in [0.3, 0.4) is 0 Å². The summed E-state index contributed by atoms with van der Waals surface area (Å²) in [7, 11) is 0. The molecule has 1 amide bonds. The van der Waals surface area contributed by atoms with Crippen molar-refractivity contribution < 1.29 is 9.53 Å². The van der Waals surface area contributed by atoms with Crippen LogP contribution in [0.1, 0.15) is 16.7 Å². The zero-order valence-corrected chi connectivity index (χ0v) is 11.0. The second-order valence-corrected chi connectivity index (χ2v) is 4.69. The lowest BCUT2D eigenvalue weighted by Crippen LogP contribution is -2.11. The first-order valence-electron chi connectivity index (χ1n) is 5.08. The maximum absolute atomic E-state index is 11.7. The number of carbonyl (C=O) groups excluding carboxylic acids is 1. The number of hydrogen-bond acceptors (Lipinski definition) is 6. The van der Waals surface area contributed by atoms with E-state index in [1.165, 1.54) is 6.20 Å². The van der Waals surface area contributed by atoms with Crippen LogP contribution in [0.4, 0.5) is 5.69 Å². The summed E-state index contributed by atoms with van der Waals surface area (Å²) < 4.78 is 5.42. The van der Waals surface area contributed by atoms with Crippen molar-refractivity contribution >= 4 is 34.5 Å². The van der Waals surface area contributed by atoms with Crippen LogP contribution in [0.15, 0.2) is 18.3 Å². The van der Waals surface area contributed by atoms with Crippen molar-refractivity contribution in [2.24, 2.45) is 0 Å². The Kier molecular flexibility index (Phi) is 4.06. The molecule has 0 fully saturated rings. The van der Waals surface area contributed by atoms with Gasteiger partial charge in [-0.1, -0.05) is 11.3 Å². The van der Waals surface area contributed by atoms with Gasteiger partial charge in [-0.15, -0.1) is 10.2 Å². The van der Waals surface area contributed by atoms with E-state index in [4.69, 9.17) is 16.3 Å².